The van der Waals surface area contributed by atoms with Gasteiger partial charge in [-0.05, 0) is 138 Å². The molecule has 1 aromatic rings. The number of guanidine groups is 1. The first kappa shape index (κ1) is 60.3. The van der Waals surface area contributed by atoms with Gasteiger partial charge in [-0.25, -0.2) is 17.9 Å². The standard InChI is InChI=1S/C44H75N9O14S/c1-25-21-32(64-13)26(2)27(3)35(25)68(62,63)53-40(46)47-20-16-18-29(37(58)49-23-33(54)55)50-38(59)30(17-14-15-19-48-41(61)67-44(10,11)12)51-39(60)31(24-65-42(4,5)6)52-36(57)28(45)22-34(56)66-43(7,8)9/h21,28-31H,14-20,22-24,45H2,1-13H3,(H,48,61)(H,49,58)(H,50,59)(H,51,60)(H,52,57)(H,54,55)(H3,46,47,53)/t28-,29-,30-,31-/m0/s1. The lowest BCUT2D eigenvalue weighted by Crippen LogP contribution is -2.59. The van der Waals surface area contributed by atoms with Gasteiger partial charge in [0.15, 0.2) is 0 Å². The Morgan fingerprint density at radius 1 is 0.735 bits per heavy atom. The topological polar surface area (TPSA) is 347 Å². The van der Waals surface area contributed by atoms with E-state index in [1.54, 1.807) is 89.2 Å². The van der Waals surface area contributed by atoms with E-state index >= 15 is 0 Å². The number of nitrogens with one attached hydrogen (secondary N) is 6. The van der Waals surface area contributed by atoms with Crippen LogP contribution in [-0.2, 0) is 53.0 Å². The summed E-state index contributed by atoms with van der Waals surface area (Å²) in [6.07, 6.45) is -0.870. The third kappa shape index (κ3) is 23.3. The minimum Gasteiger partial charge on any atom is -0.496 e. The lowest BCUT2D eigenvalue weighted by Gasteiger charge is -2.28. The quantitative estimate of drug-likeness (QED) is 0.0288. The highest BCUT2D eigenvalue weighted by molar-refractivity contribution is 7.90. The average Bonchev–Trinajstić information content (AvgIpc) is 3.17. The molecule has 0 unspecified atom stereocenters. The van der Waals surface area contributed by atoms with E-state index in [9.17, 15) is 47.1 Å². The molecule has 0 aliphatic heterocycles. The first-order valence-corrected chi connectivity index (χ1v) is 23.6. The number of rotatable bonds is 25. The number of carboxylic acids is 1. The summed E-state index contributed by atoms with van der Waals surface area (Å²) in [6, 6.07) is -4.09. The van der Waals surface area contributed by atoms with Gasteiger partial charge in [-0.2, -0.15) is 0 Å². The predicted octanol–water partition coefficient (Wildman–Crippen LogP) is 1.22. The number of nitrogens with two attached hydrogens (primary N) is 2. The fraction of sp³-hybridized carbons (Fsp3) is 0.682. The van der Waals surface area contributed by atoms with Crippen LogP contribution in [0.15, 0.2) is 16.0 Å². The molecule has 0 spiro atoms. The Morgan fingerprint density at radius 3 is 1.82 bits per heavy atom. The molecule has 68 heavy (non-hydrogen) atoms. The number of ether oxygens (including phenoxy) is 4. The molecule has 11 N–H and O–H groups in total. The molecule has 0 aromatic heterocycles. The number of carbonyl (C=O) groups is 7. The van der Waals surface area contributed by atoms with Crippen molar-refractivity contribution in [1.29, 1.82) is 0 Å². The molecule has 0 heterocycles. The maximum Gasteiger partial charge on any atom is 0.407 e. The normalized spacial score (nSPS) is 14.0. The summed E-state index contributed by atoms with van der Waals surface area (Å²) in [6.45, 7) is 18.9. The van der Waals surface area contributed by atoms with E-state index in [2.05, 4.69) is 36.3 Å². The number of benzene rings is 1. The van der Waals surface area contributed by atoms with Gasteiger partial charge in [0.1, 0.15) is 41.6 Å². The zero-order valence-electron chi connectivity index (χ0n) is 41.7. The highest BCUT2D eigenvalue weighted by Gasteiger charge is 2.33. The number of hydrogen-bond donors (Lipinski definition) is 9. The monoisotopic (exact) mass is 986 g/mol. The summed E-state index contributed by atoms with van der Waals surface area (Å²) in [5.74, 6) is -5.64. The smallest absolute Gasteiger partial charge is 0.407 e. The Balaban J connectivity index is 3.41. The Kier molecular flexibility index (Phi) is 23.7. The van der Waals surface area contributed by atoms with Crippen molar-refractivity contribution >= 4 is 57.6 Å². The summed E-state index contributed by atoms with van der Waals surface area (Å²) >= 11 is 0. The summed E-state index contributed by atoms with van der Waals surface area (Å²) in [7, 11) is -2.73. The number of sulfonamides is 1. The van der Waals surface area contributed by atoms with Gasteiger partial charge in [0.25, 0.3) is 10.0 Å². The third-order valence-corrected chi connectivity index (χ3v) is 11.0. The molecular weight excluding hydrogens is 911 g/mol. The van der Waals surface area contributed by atoms with Crippen molar-refractivity contribution in [1.82, 2.24) is 31.3 Å². The Bertz CT molecular complexity index is 2080. The van der Waals surface area contributed by atoms with Crippen LogP contribution >= 0.6 is 0 Å². The number of methoxy groups -OCH3 is 1. The van der Waals surface area contributed by atoms with E-state index < -0.39 is 118 Å². The number of carbonyl (C=O) groups excluding carboxylic acids is 6. The van der Waals surface area contributed by atoms with Gasteiger partial charge in [0.2, 0.25) is 29.6 Å². The molecule has 1 rings (SSSR count). The molecule has 4 atom stereocenters. The van der Waals surface area contributed by atoms with E-state index in [1.165, 1.54) is 7.11 Å². The van der Waals surface area contributed by atoms with Crippen LogP contribution in [0.25, 0.3) is 0 Å². The van der Waals surface area contributed by atoms with Crippen molar-refractivity contribution in [3.05, 3.63) is 22.8 Å². The van der Waals surface area contributed by atoms with Crippen molar-refractivity contribution in [2.45, 2.75) is 167 Å². The number of nitrogens with zero attached hydrogens (tertiary/aromatic N) is 1. The number of amides is 5. The van der Waals surface area contributed by atoms with E-state index in [0.29, 0.717) is 28.9 Å². The molecule has 386 valence electrons. The van der Waals surface area contributed by atoms with Crippen molar-refractivity contribution in [3.8, 4) is 5.75 Å². The van der Waals surface area contributed by atoms with Crippen LogP contribution in [0.3, 0.4) is 0 Å². The van der Waals surface area contributed by atoms with Gasteiger partial charge in [-0.15, -0.1) is 0 Å². The number of alkyl carbamates (subject to hydrolysis) is 1. The molecule has 23 nitrogen and oxygen atoms in total. The van der Waals surface area contributed by atoms with Crippen LogP contribution in [0, 0.1) is 20.8 Å². The fourth-order valence-corrected chi connectivity index (χ4v) is 7.64. The summed E-state index contributed by atoms with van der Waals surface area (Å²) in [4.78, 5) is 94.7. The van der Waals surface area contributed by atoms with Gasteiger partial charge < -0.3 is 62.1 Å². The number of carboxylic acid groups (broad SMARTS) is 1. The molecule has 1 aromatic carbocycles. The Hall–Kier alpha value is -5.75. The molecular formula is C44H75N9O14S. The number of aliphatic carboxylic acids is 1. The minimum atomic E-state index is -4.20. The molecule has 0 fully saturated rings. The van der Waals surface area contributed by atoms with Crippen molar-refractivity contribution in [3.63, 3.8) is 0 Å². The molecule has 24 heteroatoms. The Labute approximate surface area is 399 Å². The molecule has 0 aliphatic rings. The first-order chi connectivity index (χ1) is 31.2. The largest absolute Gasteiger partial charge is 0.496 e. The lowest BCUT2D eigenvalue weighted by atomic mass is 10.1. The minimum absolute atomic E-state index is 0.00928. The number of unbranched alkanes of at least 4 members (excludes halogenated alkanes) is 1. The number of aryl methyl sites for hydroxylation is 1. The Morgan fingerprint density at radius 2 is 1.28 bits per heavy atom. The van der Waals surface area contributed by atoms with Crippen LogP contribution in [-0.4, -0.2) is 135 Å². The first-order valence-electron chi connectivity index (χ1n) is 22.1. The van der Waals surface area contributed by atoms with Crippen molar-refractivity contribution in [2.75, 3.05) is 33.4 Å². The molecule has 0 bridgehead atoms. The van der Waals surface area contributed by atoms with Gasteiger partial charge in [-0.3, -0.25) is 33.8 Å². The average molecular weight is 986 g/mol. The second-order valence-electron chi connectivity index (χ2n) is 19.0. The number of hydrogen-bond acceptors (Lipinski definition) is 15. The molecule has 0 aliphatic carbocycles. The van der Waals surface area contributed by atoms with E-state index in [-0.39, 0.29) is 43.7 Å². The third-order valence-electron chi connectivity index (χ3n) is 9.37. The molecule has 0 radical (unpaired) electrons. The lowest BCUT2D eigenvalue weighted by molar-refractivity contribution is -0.156. The predicted molar refractivity (Wildman–Crippen MR) is 252 cm³/mol. The molecule has 5 amide bonds. The highest BCUT2D eigenvalue weighted by Crippen LogP contribution is 2.30. The van der Waals surface area contributed by atoms with Crippen LogP contribution in [0.4, 0.5) is 4.79 Å². The number of esters is 1. The second-order valence-corrected chi connectivity index (χ2v) is 20.6. The number of aliphatic imine (C=N–C) groups is 1. The van der Waals surface area contributed by atoms with Crippen LogP contribution < -0.4 is 47.5 Å². The zero-order chi connectivity index (χ0) is 52.4. The van der Waals surface area contributed by atoms with Gasteiger partial charge >= 0.3 is 18.0 Å². The molecule has 0 saturated heterocycles. The summed E-state index contributed by atoms with van der Waals surface area (Å²) in [5, 5.41) is 21.7. The van der Waals surface area contributed by atoms with Crippen LogP contribution in [0.1, 0.15) is 118 Å². The molecule has 0 saturated carbocycles. The van der Waals surface area contributed by atoms with Crippen LogP contribution in [0.2, 0.25) is 0 Å². The summed E-state index contributed by atoms with van der Waals surface area (Å²) in [5.41, 5.74) is 11.0. The maximum absolute atomic E-state index is 14.1. The zero-order valence-corrected chi connectivity index (χ0v) is 42.5. The fourth-order valence-electron chi connectivity index (χ4n) is 6.16. The van der Waals surface area contributed by atoms with Gasteiger partial charge in [0.05, 0.1) is 36.7 Å². The van der Waals surface area contributed by atoms with E-state index in [1.807, 2.05) is 0 Å². The highest BCUT2D eigenvalue weighted by atomic mass is 32.2. The van der Waals surface area contributed by atoms with Gasteiger partial charge in [0, 0.05) is 13.1 Å². The van der Waals surface area contributed by atoms with Gasteiger partial charge in [-0.1, -0.05) is 0 Å². The summed E-state index contributed by atoms with van der Waals surface area (Å²) < 4.78 is 50.6. The second kappa shape index (κ2) is 26.7. The maximum atomic E-state index is 14.1. The van der Waals surface area contributed by atoms with Crippen molar-refractivity contribution < 1.29 is 66.0 Å². The van der Waals surface area contributed by atoms with Crippen molar-refractivity contribution in [2.24, 2.45) is 16.5 Å². The van der Waals surface area contributed by atoms with E-state index in [4.69, 9.17) is 30.4 Å². The van der Waals surface area contributed by atoms with E-state index in [0.717, 1.165) is 0 Å². The SMILES string of the molecule is COc1cc(C)c(S(=O)(=O)NC(N)=NCCC[C@H](NC(=O)[C@H](CCCCNC(=O)OC(C)(C)C)NC(=O)[C@H](COC(C)(C)C)NC(=O)[C@@H](N)CC(=O)OC(C)(C)C)C(=O)NCC(=O)O)c(C)c1C. The van der Waals surface area contributed by atoms with Crippen LogP contribution in [0.5, 0.6) is 5.75 Å².